The minimum Gasteiger partial charge on any atom is -0.507 e. The number of aliphatic hydroxyl groups is 1. The number of carbonyl (C=O) groups is 1. The van der Waals surface area contributed by atoms with Crippen molar-refractivity contribution < 1.29 is 15.0 Å². The van der Waals surface area contributed by atoms with Crippen LogP contribution in [0.4, 0.5) is 5.69 Å². The summed E-state index contributed by atoms with van der Waals surface area (Å²) in [5.41, 5.74) is -1.15. The van der Waals surface area contributed by atoms with Crippen LogP contribution >= 0.6 is 11.6 Å². The fraction of sp³-hybridized carbons (Fsp3) is 0.0952. The number of aromatic hydroxyl groups is 1. The molecule has 1 amide bonds. The van der Waals surface area contributed by atoms with Gasteiger partial charge in [-0.1, -0.05) is 60.0 Å². The second kappa shape index (κ2) is 5.77. The van der Waals surface area contributed by atoms with Crippen LogP contribution in [0.5, 0.6) is 5.75 Å². The number of fused-ring (bicyclic) bond motifs is 2. The molecule has 3 aromatic rings. The highest BCUT2D eigenvalue weighted by Crippen LogP contribution is 2.49. The van der Waals surface area contributed by atoms with Crippen molar-refractivity contribution in [3.05, 3.63) is 70.7 Å². The lowest BCUT2D eigenvalue weighted by atomic mass is 9.85. The van der Waals surface area contributed by atoms with Gasteiger partial charge in [-0.05, 0) is 12.1 Å². The van der Waals surface area contributed by atoms with Gasteiger partial charge in [0.2, 0.25) is 5.60 Å². The maximum Gasteiger partial charge on any atom is 0.269 e. The predicted octanol–water partition coefficient (Wildman–Crippen LogP) is 3.41. The van der Waals surface area contributed by atoms with Crippen molar-refractivity contribution in [2.45, 2.75) is 5.60 Å². The van der Waals surface area contributed by atoms with E-state index in [4.69, 9.17) is 18.0 Å². The first kappa shape index (κ1) is 16.5. The number of benzene rings is 3. The molecule has 0 bridgehead atoms. The third-order valence-electron chi connectivity index (χ3n) is 4.74. The van der Waals surface area contributed by atoms with Gasteiger partial charge in [-0.15, -0.1) is 6.42 Å². The average molecular weight is 364 g/mol. The summed E-state index contributed by atoms with van der Waals surface area (Å²) in [5.74, 6) is 1.64. The first-order chi connectivity index (χ1) is 12.5. The van der Waals surface area contributed by atoms with E-state index < -0.39 is 11.5 Å². The minimum atomic E-state index is -2.06. The van der Waals surface area contributed by atoms with Crippen LogP contribution < -0.4 is 4.90 Å². The van der Waals surface area contributed by atoms with Gasteiger partial charge in [0.1, 0.15) is 5.75 Å². The molecule has 128 valence electrons. The van der Waals surface area contributed by atoms with E-state index in [0.717, 1.165) is 0 Å². The van der Waals surface area contributed by atoms with Gasteiger partial charge in [0.25, 0.3) is 5.91 Å². The normalized spacial score (nSPS) is 18.8. The zero-order chi connectivity index (χ0) is 18.5. The number of halogens is 1. The standard InChI is InChI=1S/C21H14ClNO3/c1-2-11-23-18-10-6-5-9-15(18)21(26,20(23)25)16-12-17(22)13-7-3-4-8-14(13)19(16)24/h1,3-10,12,24,26H,11H2. The third kappa shape index (κ3) is 2.05. The zero-order valence-electron chi connectivity index (χ0n) is 13.6. The van der Waals surface area contributed by atoms with Gasteiger partial charge in [0, 0.05) is 26.9 Å². The summed E-state index contributed by atoms with van der Waals surface area (Å²) < 4.78 is 0. The number of amides is 1. The van der Waals surface area contributed by atoms with Crippen LogP contribution in [0, 0.1) is 12.3 Å². The number of carbonyl (C=O) groups excluding carboxylic acids is 1. The van der Waals surface area contributed by atoms with Gasteiger partial charge >= 0.3 is 0 Å². The molecule has 4 nitrogen and oxygen atoms in total. The van der Waals surface area contributed by atoms with Crippen LogP contribution in [0.25, 0.3) is 10.8 Å². The number of hydrogen-bond donors (Lipinski definition) is 2. The van der Waals surface area contributed by atoms with E-state index in [9.17, 15) is 15.0 Å². The Morgan fingerprint density at radius 3 is 2.46 bits per heavy atom. The zero-order valence-corrected chi connectivity index (χ0v) is 14.4. The summed E-state index contributed by atoms with van der Waals surface area (Å²) in [6.45, 7) is 0.0141. The van der Waals surface area contributed by atoms with Crippen molar-refractivity contribution in [1.82, 2.24) is 0 Å². The Labute approximate surface area is 155 Å². The Bertz CT molecular complexity index is 1100. The molecule has 0 aromatic heterocycles. The highest BCUT2D eigenvalue weighted by atomic mass is 35.5. The molecule has 2 N–H and O–H groups in total. The lowest BCUT2D eigenvalue weighted by Crippen LogP contribution is -2.41. The van der Waals surface area contributed by atoms with Gasteiger partial charge in [-0.3, -0.25) is 9.69 Å². The smallest absolute Gasteiger partial charge is 0.269 e. The molecule has 1 atom stereocenters. The summed E-state index contributed by atoms with van der Waals surface area (Å²) in [5, 5.41) is 23.7. The third-order valence-corrected chi connectivity index (χ3v) is 5.06. The Morgan fingerprint density at radius 1 is 1.08 bits per heavy atom. The number of phenolic OH excluding ortho intramolecular Hbond substituents is 1. The molecule has 0 fully saturated rings. The summed E-state index contributed by atoms with van der Waals surface area (Å²) in [6, 6.07) is 15.3. The summed E-state index contributed by atoms with van der Waals surface area (Å²) in [6.07, 6.45) is 5.39. The van der Waals surface area contributed by atoms with Crippen molar-refractivity contribution in [1.29, 1.82) is 0 Å². The van der Waals surface area contributed by atoms with E-state index in [1.807, 2.05) is 0 Å². The van der Waals surface area contributed by atoms with E-state index in [0.29, 0.717) is 27.0 Å². The maximum atomic E-state index is 13.1. The van der Waals surface area contributed by atoms with Crippen LogP contribution in [-0.2, 0) is 10.4 Å². The topological polar surface area (TPSA) is 60.8 Å². The van der Waals surface area contributed by atoms with Gasteiger partial charge in [-0.25, -0.2) is 0 Å². The molecule has 5 heteroatoms. The Balaban J connectivity index is 2.04. The molecule has 1 aliphatic rings. The molecule has 0 spiro atoms. The van der Waals surface area contributed by atoms with E-state index in [-0.39, 0.29) is 17.9 Å². The number of nitrogens with zero attached hydrogens (tertiary/aromatic N) is 1. The van der Waals surface area contributed by atoms with Gasteiger partial charge in [0.05, 0.1) is 12.2 Å². The highest BCUT2D eigenvalue weighted by Gasteiger charge is 2.52. The molecule has 0 saturated carbocycles. The molecule has 26 heavy (non-hydrogen) atoms. The predicted molar refractivity (Wildman–Crippen MR) is 101 cm³/mol. The van der Waals surface area contributed by atoms with Crippen LogP contribution in [0.2, 0.25) is 5.02 Å². The first-order valence-corrected chi connectivity index (χ1v) is 8.36. The Kier molecular flexibility index (Phi) is 3.66. The van der Waals surface area contributed by atoms with Crippen LogP contribution in [0.3, 0.4) is 0 Å². The fourth-order valence-electron chi connectivity index (χ4n) is 3.54. The fourth-order valence-corrected chi connectivity index (χ4v) is 3.81. The first-order valence-electron chi connectivity index (χ1n) is 7.98. The minimum absolute atomic E-state index is 0.0141. The van der Waals surface area contributed by atoms with E-state index in [1.165, 1.54) is 11.0 Å². The van der Waals surface area contributed by atoms with E-state index in [2.05, 4.69) is 5.92 Å². The second-order valence-corrected chi connectivity index (χ2v) is 6.53. The van der Waals surface area contributed by atoms with E-state index in [1.54, 1.807) is 48.5 Å². The molecule has 1 heterocycles. The average Bonchev–Trinajstić information content (AvgIpc) is 2.88. The number of phenols is 1. The largest absolute Gasteiger partial charge is 0.507 e. The van der Waals surface area contributed by atoms with Gasteiger partial charge < -0.3 is 10.2 Å². The molecule has 0 aliphatic carbocycles. The Morgan fingerprint density at radius 2 is 1.73 bits per heavy atom. The van der Waals surface area contributed by atoms with Crippen molar-refractivity contribution >= 4 is 34.0 Å². The second-order valence-electron chi connectivity index (χ2n) is 6.12. The summed E-state index contributed by atoms with van der Waals surface area (Å²) >= 11 is 6.37. The highest BCUT2D eigenvalue weighted by molar-refractivity contribution is 6.36. The quantitative estimate of drug-likeness (QED) is 0.686. The molecule has 0 saturated heterocycles. The SMILES string of the molecule is C#CCN1C(=O)C(O)(c2cc(Cl)c3ccccc3c2O)c2ccccc21. The number of terminal acetylenes is 1. The van der Waals surface area contributed by atoms with Gasteiger partial charge in [0.15, 0.2) is 0 Å². The lowest BCUT2D eigenvalue weighted by molar-refractivity contribution is -0.132. The molecule has 1 unspecified atom stereocenters. The van der Waals surface area contributed by atoms with Crippen LogP contribution in [0.15, 0.2) is 54.6 Å². The van der Waals surface area contributed by atoms with Crippen molar-refractivity contribution in [3.63, 3.8) is 0 Å². The lowest BCUT2D eigenvalue weighted by Gasteiger charge is -2.25. The molecular weight excluding hydrogens is 350 g/mol. The van der Waals surface area contributed by atoms with E-state index >= 15 is 0 Å². The van der Waals surface area contributed by atoms with Crippen molar-refractivity contribution in [2.75, 3.05) is 11.4 Å². The summed E-state index contributed by atoms with van der Waals surface area (Å²) in [7, 11) is 0. The number of anilines is 1. The Hall–Kier alpha value is -3.00. The van der Waals surface area contributed by atoms with Crippen molar-refractivity contribution in [3.8, 4) is 18.1 Å². The molecule has 4 rings (SSSR count). The molecule has 0 radical (unpaired) electrons. The number of para-hydroxylation sites is 1. The van der Waals surface area contributed by atoms with Gasteiger partial charge in [-0.2, -0.15) is 0 Å². The monoisotopic (exact) mass is 363 g/mol. The van der Waals surface area contributed by atoms with Crippen LogP contribution in [0.1, 0.15) is 11.1 Å². The summed E-state index contributed by atoms with van der Waals surface area (Å²) in [4.78, 5) is 14.4. The molecular formula is C21H14ClNO3. The van der Waals surface area contributed by atoms with Crippen molar-refractivity contribution in [2.24, 2.45) is 0 Å². The number of hydrogen-bond acceptors (Lipinski definition) is 3. The maximum absolute atomic E-state index is 13.1. The molecule has 1 aliphatic heterocycles. The van der Waals surface area contributed by atoms with Crippen LogP contribution in [-0.4, -0.2) is 22.7 Å². The molecule has 3 aromatic carbocycles. The number of rotatable bonds is 2.